The van der Waals surface area contributed by atoms with Crippen LogP contribution in [0.5, 0.6) is 0 Å². The summed E-state index contributed by atoms with van der Waals surface area (Å²) in [6.45, 7) is 2.12. The van der Waals surface area contributed by atoms with Gasteiger partial charge in [-0.3, -0.25) is 9.59 Å². The molecular formula is C7H13N3O2. The molecule has 5 heteroatoms. The van der Waals surface area contributed by atoms with Crippen LogP contribution in [0.3, 0.4) is 0 Å². The van der Waals surface area contributed by atoms with E-state index in [1.165, 1.54) is 0 Å². The van der Waals surface area contributed by atoms with Crippen LogP contribution in [-0.4, -0.2) is 30.4 Å². The second-order valence-corrected chi connectivity index (χ2v) is 3.00. The Morgan fingerprint density at radius 3 is 2.92 bits per heavy atom. The Bertz CT molecular complexity index is 203. The Morgan fingerprint density at radius 2 is 2.50 bits per heavy atom. The largest absolute Gasteiger partial charge is 0.354 e. The van der Waals surface area contributed by atoms with Crippen LogP contribution >= 0.6 is 0 Å². The molecule has 1 saturated heterocycles. The van der Waals surface area contributed by atoms with Crippen LogP contribution in [0.2, 0.25) is 0 Å². The molecule has 1 aliphatic heterocycles. The first-order valence-electron chi connectivity index (χ1n) is 3.92. The zero-order valence-corrected chi connectivity index (χ0v) is 6.96. The van der Waals surface area contributed by atoms with Crippen molar-refractivity contribution in [2.75, 3.05) is 6.54 Å². The molecule has 1 aliphatic rings. The second kappa shape index (κ2) is 3.53. The van der Waals surface area contributed by atoms with E-state index < -0.39 is 6.04 Å². The van der Waals surface area contributed by atoms with Crippen molar-refractivity contribution in [1.82, 2.24) is 10.6 Å². The van der Waals surface area contributed by atoms with Gasteiger partial charge in [-0.1, -0.05) is 0 Å². The molecule has 0 aromatic heterocycles. The molecule has 0 saturated carbocycles. The molecule has 1 rings (SSSR count). The average molecular weight is 171 g/mol. The first-order valence-corrected chi connectivity index (χ1v) is 3.92. The van der Waals surface area contributed by atoms with Crippen molar-refractivity contribution >= 4 is 11.8 Å². The van der Waals surface area contributed by atoms with E-state index in [4.69, 9.17) is 5.73 Å². The Kier molecular flexibility index (Phi) is 2.65. The van der Waals surface area contributed by atoms with Crippen molar-refractivity contribution in [3.05, 3.63) is 0 Å². The second-order valence-electron chi connectivity index (χ2n) is 3.00. The van der Waals surface area contributed by atoms with Gasteiger partial charge in [-0.25, -0.2) is 0 Å². The minimum atomic E-state index is -0.513. The summed E-state index contributed by atoms with van der Waals surface area (Å²) < 4.78 is 0. The van der Waals surface area contributed by atoms with Gasteiger partial charge in [-0.2, -0.15) is 0 Å². The highest BCUT2D eigenvalue weighted by Gasteiger charge is 2.23. The SMILES string of the molecule is C[C@H](N)C(=O)NC1CNC(=O)C1. The normalized spacial score (nSPS) is 24.8. The molecule has 0 aliphatic carbocycles. The summed E-state index contributed by atoms with van der Waals surface area (Å²) in [7, 11) is 0. The maximum absolute atomic E-state index is 11.0. The van der Waals surface area contributed by atoms with Gasteiger partial charge in [0.2, 0.25) is 11.8 Å². The van der Waals surface area contributed by atoms with E-state index in [-0.39, 0.29) is 17.9 Å². The van der Waals surface area contributed by atoms with E-state index in [9.17, 15) is 9.59 Å². The molecule has 68 valence electrons. The molecule has 1 fully saturated rings. The first-order chi connectivity index (χ1) is 5.59. The maximum atomic E-state index is 11.0. The fraction of sp³-hybridized carbons (Fsp3) is 0.714. The molecule has 5 nitrogen and oxygen atoms in total. The number of carbonyl (C=O) groups excluding carboxylic acids is 2. The average Bonchev–Trinajstić information content (AvgIpc) is 2.35. The standard InChI is InChI=1S/C7H13N3O2/c1-4(8)7(12)10-5-2-6(11)9-3-5/h4-5H,2-3,8H2,1H3,(H,9,11)(H,10,12)/t4-,5?/m0/s1. The smallest absolute Gasteiger partial charge is 0.236 e. The molecule has 0 spiro atoms. The van der Waals surface area contributed by atoms with Crippen LogP contribution in [0.15, 0.2) is 0 Å². The van der Waals surface area contributed by atoms with Gasteiger partial charge in [0.25, 0.3) is 0 Å². The molecule has 0 radical (unpaired) electrons. The van der Waals surface area contributed by atoms with Crippen LogP contribution in [0.1, 0.15) is 13.3 Å². The molecule has 4 N–H and O–H groups in total. The van der Waals surface area contributed by atoms with Crippen LogP contribution in [0, 0.1) is 0 Å². The van der Waals surface area contributed by atoms with Crippen molar-refractivity contribution in [3.63, 3.8) is 0 Å². The van der Waals surface area contributed by atoms with Gasteiger partial charge in [-0.15, -0.1) is 0 Å². The van der Waals surface area contributed by atoms with Crippen molar-refractivity contribution in [2.24, 2.45) is 5.73 Å². The third-order valence-electron chi connectivity index (χ3n) is 1.74. The van der Waals surface area contributed by atoms with Crippen LogP contribution in [0.4, 0.5) is 0 Å². The van der Waals surface area contributed by atoms with E-state index in [1.807, 2.05) is 0 Å². The third kappa shape index (κ3) is 2.20. The number of nitrogens with two attached hydrogens (primary N) is 1. The molecule has 2 amide bonds. The number of hydrogen-bond acceptors (Lipinski definition) is 3. The van der Waals surface area contributed by atoms with Crippen LogP contribution in [-0.2, 0) is 9.59 Å². The van der Waals surface area contributed by atoms with Gasteiger partial charge in [0.05, 0.1) is 12.1 Å². The Hall–Kier alpha value is -1.10. The van der Waals surface area contributed by atoms with Gasteiger partial charge < -0.3 is 16.4 Å². The van der Waals surface area contributed by atoms with Crippen molar-refractivity contribution in [2.45, 2.75) is 25.4 Å². The fourth-order valence-corrected chi connectivity index (χ4v) is 1.04. The van der Waals surface area contributed by atoms with Crippen molar-refractivity contribution < 1.29 is 9.59 Å². The van der Waals surface area contributed by atoms with Crippen LogP contribution in [0.25, 0.3) is 0 Å². The number of carbonyl (C=O) groups is 2. The van der Waals surface area contributed by atoms with Gasteiger partial charge in [-0.05, 0) is 6.92 Å². The van der Waals surface area contributed by atoms with E-state index in [0.717, 1.165) is 0 Å². The van der Waals surface area contributed by atoms with E-state index in [1.54, 1.807) is 6.92 Å². The Balaban J connectivity index is 2.32. The highest BCUT2D eigenvalue weighted by Crippen LogP contribution is 1.98. The lowest BCUT2D eigenvalue weighted by atomic mass is 10.2. The van der Waals surface area contributed by atoms with E-state index >= 15 is 0 Å². The zero-order valence-electron chi connectivity index (χ0n) is 6.96. The first kappa shape index (κ1) is 8.99. The zero-order chi connectivity index (χ0) is 9.14. The van der Waals surface area contributed by atoms with Gasteiger partial charge in [0, 0.05) is 13.0 Å². The van der Waals surface area contributed by atoms with E-state index in [0.29, 0.717) is 13.0 Å². The molecule has 0 aromatic carbocycles. The Morgan fingerprint density at radius 1 is 1.83 bits per heavy atom. The highest BCUT2D eigenvalue weighted by atomic mass is 16.2. The van der Waals surface area contributed by atoms with Gasteiger partial charge in [0.1, 0.15) is 0 Å². The van der Waals surface area contributed by atoms with Crippen molar-refractivity contribution in [1.29, 1.82) is 0 Å². The van der Waals surface area contributed by atoms with Gasteiger partial charge >= 0.3 is 0 Å². The molecule has 12 heavy (non-hydrogen) atoms. The quantitative estimate of drug-likeness (QED) is 0.465. The lowest BCUT2D eigenvalue weighted by Crippen LogP contribution is -2.44. The Labute approximate surface area is 70.7 Å². The molecule has 0 bridgehead atoms. The lowest BCUT2D eigenvalue weighted by Gasteiger charge is -2.11. The predicted octanol–water partition coefficient (Wildman–Crippen LogP) is -1.66. The minimum absolute atomic E-state index is 0.0232. The summed E-state index contributed by atoms with van der Waals surface area (Å²) in [5, 5.41) is 5.28. The predicted molar refractivity (Wildman–Crippen MR) is 43.2 cm³/mol. The summed E-state index contributed by atoms with van der Waals surface area (Å²) in [6, 6.07) is -0.600. The monoisotopic (exact) mass is 171 g/mol. The summed E-state index contributed by atoms with van der Waals surface area (Å²) in [5.74, 6) is -0.235. The molecule has 1 heterocycles. The summed E-state index contributed by atoms with van der Waals surface area (Å²) in [5.41, 5.74) is 5.33. The number of amides is 2. The van der Waals surface area contributed by atoms with Gasteiger partial charge in [0.15, 0.2) is 0 Å². The maximum Gasteiger partial charge on any atom is 0.236 e. The molecule has 1 unspecified atom stereocenters. The van der Waals surface area contributed by atoms with Crippen LogP contribution < -0.4 is 16.4 Å². The van der Waals surface area contributed by atoms with Crippen molar-refractivity contribution in [3.8, 4) is 0 Å². The topological polar surface area (TPSA) is 84.2 Å². The minimum Gasteiger partial charge on any atom is -0.354 e. The fourth-order valence-electron chi connectivity index (χ4n) is 1.04. The molecule has 0 aromatic rings. The number of nitrogens with one attached hydrogen (secondary N) is 2. The molecule has 2 atom stereocenters. The third-order valence-corrected chi connectivity index (χ3v) is 1.74. The lowest BCUT2D eigenvalue weighted by molar-refractivity contribution is -0.122. The number of rotatable bonds is 2. The summed E-state index contributed by atoms with van der Waals surface area (Å²) >= 11 is 0. The van der Waals surface area contributed by atoms with E-state index in [2.05, 4.69) is 10.6 Å². The highest BCUT2D eigenvalue weighted by molar-refractivity contribution is 5.84. The molecular weight excluding hydrogens is 158 g/mol. The summed E-state index contributed by atoms with van der Waals surface area (Å²) in [4.78, 5) is 21.7. The summed E-state index contributed by atoms with van der Waals surface area (Å²) in [6.07, 6.45) is 0.360. The number of hydrogen-bond donors (Lipinski definition) is 3.